The van der Waals surface area contributed by atoms with Crippen molar-refractivity contribution >= 4 is 34.5 Å². The zero-order valence-corrected chi connectivity index (χ0v) is 12.8. The van der Waals surface area contributed by atoms with Gasteiger partial charge in [0.25, 0.3) is 0 Å². The van der Waals surface area contributed by atoms with E-state index in [1.165, 1.54) is 0 Å². The molecule has 22 heavy (non-hydrogen) atoms. The van der Waals surface area contributed by atoms with E-state index in [1.807, 2.05) is 24.3 Å². The van der Waals surface area contributed by atoms with E-state index in [0.717, 1.165) is 22.3 Å². The molecule has 1 aliphatic heterocycles. The number of hydrogen-bond acceptors (Lipinski definition) is 4. The number of carboxylic acid groups (broad SMARTS) is 1. The maximum Gasteiger partial charge on any atom is 0.305 e. The first-order valence-electron chi connectivity index (χ1n) is 7.16. The van der Waals surface area contributed by atoms with Gasteiger partial charge in [-0.15, -0.1) is 0 Å². The van der Waals surface area contributed by atoms with E-state index in [-0.39, 0.29) is 24.8 Å². The van der Waals surface area contributed by atoms with Gasteiger partial charge in [0.15, 0.2) is 0 Å². The molecule has 0 aliphatic carbocycles. The number of hydrogen-bond donors (Lipinski definition) is 2. The molecule has 1 aromatic carbocycles. The lowest BCUT2D eigenvalue weighted by molar-refractivity contribution is -0.140. The third kappa shape index (κ3) is 3.09. The van der Waals surface area contributed by atoms with Crippen LogP contribution in [0.1, 0.15) is 12.1 Å². The lowest BCUT2D eigenvalue weighted by atomic mass is 10.1. The fourth-order valence-electron chi connectivity index (χ4n) is 2.76. The van der Waals surface area contributed by atoms with E-state index < -0.39 is 5.97 Å². The highest BCUT2D eigenvalue weighted by Crippen LogP contribution is 2.21. The Morgan fingerprint density at radius 3 is 3.05 bits per heavy atom. The van der Waals surface area contributed by atoms with Crippen LogP contribution in [0.3, 0.4) is 0 Å². The molecule has 1 aliphatic rings. The van der Waals surface area contributed by atoms with Gasteiger partial charge in [-0.1, -0.05) is 18.2 Å². The van der Waals surface area contributed by atoms with E-state index in [0.29, 0.717) is 12.3 Å². The van der Waals surface area contributed by atoms with Crippen LogP contribution in [0.5, 0.6) is 0 Å². The maximum atomic E-state index is 12.6. The predicted octanol–water partition coefficient (Wildman–Crippen LogP) is 1.52. The molecule has 2 heterocycles. The molecule has 0 saturated carbocycles. The number of aromatic amines is 1. The Bertz CT molecular complexity index is 700. The number of carbonyl (C=O) groups excluding carboxylic acids is 1. The smallest absolute Gasteiger partial charge is 0.305 e. The topological polar surface area (TPSA) is 86.3 Å². The molecule has 1 amide bonds. The minimum Gasteiger partial charge on any atom is -0.481 e. The van der Waals surface area contributed by atoms with Crippen molar-refractivity contribution in [3.8, 4) is 0 Å². The molecule has 1 aromatic heterocycles. The molecular weight excluding hydrogens is 302 g/mol. The second-order valence-corrected chi connectivity index (χ2v) is 6.46. The first kappa shape index (κ1) is 14.9. The summed E-state index contributed by atoms with van der Waals surface area (Å²) in [5.41, 5.74) is 1.62. The fourth-order valence-corrected chi connectivity index (χ4v) is 3.82. The van der Waals surface area contributed by atoms with Gasteiger partial charge in [0, 0.05) is 23.4 Å². The summed E-state index contributed by atoms with van der Waals surface area (Å²) in [6, 6.07) is 7.42. The van der Waals surface area contributed by atoms with E-state index in [2.05, 4.69) is 10.2 Å². The molecule has 0 radical (unpaired) electrons. The summed E-state index contributed by atoms with van der Waals surface area (Å²) in [5, 5.41) is 17.1. The van der Waals surface area contributed by atoms with Crippen LogP contribution in [0.2, 0.25) is 0 Å². The Morgan fingerprint density at radius 1 is 1.41 bits per heavy atom. The highest BCUT2D eigenvalue weighted by molar-refractivity contribution is 7.99. The average Bonchev–Trinajstić information content (AvgIpc) is 2.90. The zero-order valence-electron chi connectivity index (χ0n) is 12.0. The lowest BCUT2D eigenvalue weighted by Crippen LogP contribution is -2.47. The number of thioether (sulfide) groups is 1. The zero-order chi connectivity index (χ0) is 15.5. The number of carbonyl (C=O) groups is 2. The second-order valence-electron chi connectivity index (χ2n) is 5.31. The molecule has 1 saturated heterocycles. The summed E-state index contributed by atoms with van der Waals surface area (Å²) in [5.74, 6) is 0.631. The van der Waals surface area contributed by atoms with Gasteiger partial charge < -0.3 is 10.0 Å². The van der Waals surface area contributed by atoms with Gasteiger partial charge >= 0.3 is 5.97 Å². The van der Waals surface area contributed by atoms with Crippen LogP contribution >= 0.6 is 11.8 Å². The summed E-state index contributed by atoms with van der Waals surface area (Å²) in [6.45, 7) is 0.605. The molecule has 7 heteroatoms. The van der Waals surface area contributed by atoms with Crippen LogP contribution < -0.4 is 0 Å². The van der Waals surface area contributed by atoms with Crippen molar-refractivity contribution in [1.29, 1.82) is 0 Å². The lowest BCUT2D eigenvalue weighted by Gasteiger charge is -2.34. The summed E-state index contributed by atoms with van der Waals surface area (Å²) in [4.78, 5) is 25.2. The highest BCUT2D eigenvalue weighted by atomic mass is 32.2. The van der Waals surface area contributed by atoms with Gasteiger partial charge in [-0.3, -0.25) is 14.7 Å². The predicted molar refractivity (Wildman–Crippen MR) is 84.9 cm³/mol. The van der Waals surface area contributed by atoms with Crippen LogP contribution in [-0.2, 0) is 16.0 Å². The number of nitrogens with one attached hydrogen (secondary N) is 1. The number of fused-ring (bicyclic) bond motifs is 1. The Balaban J connectivity index is 1.76. The van der Waals surface area contributed by atoms with Crippen molar-refractivity contribution in [2.75, 3.05) is 18.1 Å². The average molecular weight is 319 g/mol. The monoisotopic (exact) mass is 319 g/mol. The number of amides is 1. The first-order chi connectivity index (χ1) is 10.6. The number of H-pyrrole nitrogens is 1. The molecule has 2 N–H and O–H groups in total. The summed E-state index contributed by atoms with van der Waals surface area (Å²) >= 11 is 1.70. The Kier molecular flexibility index (Phi) is 4.33. The summed E-state index contributed by atoms with van der Waals surface area (Å²) in [6.07, 6.45) is 0.226. The van der Waals surface area contributed by atoms with E-state index >= 15 is 0 Å². The highest BCUT2D eigenvalue weighted by Gasteiger charge is 2.29. The number of carboxylic acids is 1. The standard InChI is InChI=1S/C15H17N3O3S/c19-14(18-5-6-22-9-10(18)7-15(20)21)8-13-11-3-1-2-4-12(11)16-17-13/h1-4,10H,5-9H2,(H,16,17)(H,20,21). The van der Waals surface area contributed by atoms with E-state index in [1.54, 1.807) is 16.7 Å². The molecular formula is C15H17N3O3S. The number of aliphatic carboxylic acids is 1. The quantitative estimate of drug-likeness (QED) is 0.892. The molecule has 0 spiro atoms. The first-order valence-corrected chi connectivity index (χ1v) is 8.31. The molecule has 1 atom stereocenters. The summed E-state index contributed by atoms with van der Waals surface area (Å²) in [7, 11) is 0. The van der Waals surface area contributed by atoms with Gasteiger partial charge in [0.2, 0.25) is 5.91 Å². The summed E-state index contributed by atoms with van der Waals surface area (Å²) < 4.78 is 0. The number of nitrogens with zero attached hydrogens (tertiary/aromatic N) is 2. The fraction of sp³-hybridized carbons (Fsp3) is 0.400. The molecule has 2 aromatic rings. The maximum absolute atomic E-state index is 12.6. The van der Waals surface area contributed by atoms with E-state index in [4.69, 9.17) is 5.11 Å². The van der Waals surface area contributed by atoms with Crippen LogP contribution in [0.25, 0.3) is 10.9 Å². The van der Waals surface area contributed by atoms with Gasteiger partial charge in [0.1, 0.15) is 0 Å². The van der Waals surface area contributed by atoms with Crippen LogP contribution in [-0.4, -0.2) is 56.2 Å². The Hall–Kier alpha value is -2.02. The third-order valence-electron chi connectivity index (χ3n) is 3.83. The number of benzene rings is 1. The van der Waals surface area contributed by atoms with Crippen molar-refractivity contribution in [3.05, 3.63) is 30.0 Å². The normalized spacial score (nSPS) is 18.5. The second kappa shape index (κ2) is 6.39. The van der Waals surface area contributed by atoms with Gasteiger partial charge in [0.05, 0.1) is 30.1 Å². The molecule has 1 unspecified atom stereocenters. The van der Waals surface area contributed by atoms with E-state index in [9.17, 15) is 9.59 Å². The van der Waals surface area contributed by atoms with Gasteiger partial charge in [-0.2, -0.15) is 16.9 Å². The molecule has 3 rings (SSSR count). The molecule has 0 bridgehead atoms. The van der Waals surface area contributed by atoms with Crippen molar-refractivity contribution < 1.29 is 14.7 Å². The van der Waals surface area contributed by atoms with Gasteiger partial charge in [-0.25, -0.2) is 0 Å². The minimum atomic E-state index is -0.864. The Morgan fingerprint density at radius 2 is 2.23 bits per heavy atom. The number of aromatic nitrogens is 2. The Labute approximate surface area is 131 Å². The minimum absolute atomic E-state index is 0.00244. The largest absolute Gasteiger partial charge is 0.481 e. The van der Waals surface area contributed by atoms with Crippen molar-refractivity contribution in [2.45, 2.75) is 18.9 Å². The molecule has 116 valence electrons. The third-order valence-corrected chi connectivity index (χ3v) is 4.92. The van der Waals surface area contributed by atoms with Crippen molar-refractivity contribution in [2.24, 2.45) is 0 Å². The molecule has 1 fully saturated rings. The van der Waals surface area contributed by atoms with Gasteiger partial charge in [-0.05, 0) is 6.07 Å². The van der Waals surface area contributed by atoms with Crippen molar-refractivity contribution in [3.63, 3.8) is 0 Å². The number of para-hydroxylation sites is 1. The molecule has 6 nitrogen and oxygen atoms in total. The van der Waals surface area contributed by atoms with Crippen LogP contribution in [0.15, 0.2) is 24.3 Å². The SMILES string of the molecule is O=C(O)CC1CSCCN1C(=O)Cc1[nH]nc2ccccc12. The van der Waals surface area contributed by atoms with Crippen molar-refractivity contribution in [1.82, 2.24) is 15.1 Å². The van der Waals surface area contributed by atoms with Crippen LogP contribution in [0, 0.1) is 0 Å². The van der Waals surface area contributed by atoms with Crippen LogP contribution in [0.4, 0.5) is 0 Å². The number of rotatable bonds is 4.